The number of phenols is 5. The first-order valence-corrected chi connectivity index (χ1v) is 28.8. The number of allylic oxidation sites excluding steroid dienone is 3. The molecule has 0 radical (unpaired) electrons. The lowest BCUT2D eigenvalue weighted by atomic mass is 9.28. The molecule has 1 aromatic heterocycles. The van der Waals surface area contributed by atoms with E-state index >= 15 is 0 Å². The summed E-state index contributed by atoms with van der Waals surface area (Å²) in [5.41, 5.74) is 6.31. The maximum atomic E-state index is 13.2. The summed E-state index contributed by atoms with van der Waals surface area (Å²) in [7, 11) is 0. The smallest absolute Gasteiger partial charge is 0.169 e. The predicted molar refractivity (Wildman–Crippen MR) is 299 cm³/mol. The second-order valence-corrected chi connectivity index (χ2v) is 25.2. The second-order valence-electron chi connectivity index (χ2n) is 25.2. The Kier molecular flexibility index (Phi) is 10.8. The molecule has 4 heterocycles. The molecule has 9 N–H and O–H groups in total. The Bertz CT molecular complexity index is 3430. The number of aliphatic hydroxyl groups is 1. The topological polar surface area (TPSA) is 174 Å². The minimum absolute atomic E-state index is 0.00373. The zero-order valence-electron chi connectivity index (χ0n) is 43.5. The number of H-pyrrole nitrogens is 1. The standard InChI is InChI=1S/C67H70N4O6/c72-54-27-15-39(30-57(54)75)14-24-48-49-9-4-10-55(73)59(49)61(77)60(76)50(48)25-13-38-11-16-41(17-12-38)52-34-64(33-46-23-26-47(53(35-64)70-46)40-6-2-1-3-7-40)51-31-44-8-5-29-66(44)45-21-20-42-18-19-43-22-28-56(74)62(65(42,43)32-45)67(66,63(51)71-52)58-36-68-37-69-58/h1-4,6-7,9-12,14-17,20-24,26-28,30,36-37,42-47,51-53,56,62-63,70-77H,5,8,13,18-19,25,29,31-35H2,(H,68,69)/b24-14+/t42-,43+,44+,45-,46+,47-,51-,52-,53+,56+,62-,63+,64-,65-,66+,67-/m1/s1. The van der Waals surface area contributed by atoms with Crippen molar-refractivity contribution >= 4 is 22.9 Å². The number of imidazole rings is 1. The number of aryl methyl sites for hydroxylation is 1. The van der Waals surface area contributed by atoms with Gasteiger partial charge in [0.2, 0.25) is 0 Å². The minimum Gasteiger partial charge on any atom is -0.507 e. The van der Waals surface area contributed by atoms with Crippen LogP contribution >= 0.6 is 0 Å². The highest BCUT2D eigenvalue weighted by molar-refractivity contribution is 6.03. The Balaban J connectivity index is 0.840. The van der Waals surface area contributed by atoms with Crippen molar-refractivity contribution in [2.75, 3.05) is 0 Å². The van der Waals surface area contributed by atoms with Crippen molar-refractivity contribution in [3.63, 3.8) is 0 Å². The van der Waals surface area contributed by atoms with Crippen LogP contribution in [-0.2, 0) is 18.3 Å². The minimum atomic E-state index is -0.568. The molecule has 9 aliphatic rings. The number of aromatic amines is 1. The van der Waals surface area contributed by atoms with Crippen molar-refractivity contribution in [1.29, 1.82) is 0 Å². The van der Waals surface area contributed by atoms with Crippen molar-refractivity contribution in [2.45, 2.75) is 119 Å². The number of aromatic nitrogens is 2. The van der Waals surface area contributed by atoms with Gasteiger partial charge >= 0.3 is 0 Å². The second kappa shape index (κ2) is 17.5. The maximum Gasteiger partial charge on any atom is 0.169 e. The third-order valence-electron chi connectivity index (χ3n) is 22.5. The lowest BCUT2D eigenvalue weighted by Crippen LogP contribution is -2.81. The predicted octanol–water partition coefficient (Wildman–Crippen LogP) is 11.8. The first-order chi connectivity index (χ1) is 37.5. The molecule has 6 fully saturated rings. The van der Waals surface area contributed by atoms with Crippen molar-refractivity contribution in [1.82, 2.24) is 20.6 Å². The molecule has 394 valence electrons. The van der Waals surface area contributed by atoms with E-state index in [4.69, 9.17) is 4.98 Å². The molecule has 10 heteroatoms. The molecule has 10 nitrogen and oxygen atoms in total. The number of fused-ring (bicyclic) bond motifs is 8. The van der Waals surface area contributed by atoms with E-state index in [0.29, 0.717) is 70.5 Å². The summed E-state index contributed by atoms with van der Waals surface area (Å²) in [6.07, 6.45) is 34.7. The van der Waals surface area contributed by atoms with E-state index in [2.05, 4.69) is 113 Å². The van der Waals surface area contributed by atoms with Crippen LogP contribution in [0.4, 0.5) is 0 Å². The number of rotatable bonds is 8. The highest BCUT2D eigenvalue weighted by Gasteiger charge is 2.81. The number of nitrogens with one attached hydrogen (secondary N) is 3. The van der Waals surface area contributed by atoms with E-state index in [1.54, 1.807) is 18.2 Å². The van der Waals surface area contributed by atoms with Gasteiger partial charge in [-0.15, -0.1) is 0 Å². The third kappa shape index (κ3) is 6.67. The highest BCUT2D eigenvalue weighted by atomic mass is 16.3. The Labute approximate surface area is 450 Å². The van der Waals surface area contributed by atoms with Gasteiger partial charge in [-0.2, -0.15) is 0 Å². The quantitative estimate of drug-likeness (QED) is 0.0408. The lowest BCUT2D eigenvalue weighted by Gasteiger charge is -2.77. The first kappa shape index (κ1) is 47.6. The molecule has 5 aromatic carbocycles. The summed E-state index contributed by atoms with van der Waals surface area (Å²) in [5, 5.41) is 77.1. The molecule has 4 saturated carbocycles. The van der Waals surface area contributed by atoms with E-state index < -0.39 is 11.5 Å². The molecule has 15 rings (SSSR count). The number of phenolic OH excluding ortho intramolecular Hbond substituents is 5. The van der Waals surface area contributed by atoms with Crippen LogP contribution in [0.1, 0.15) is 115 Å². The number of hydrogen-bond donors (Lipinski definition) is 9. The number of nitrogens with zero attached hydrogens (tertiary/aromatic N) is 1. The molecule has 6 aromatic rings. The van der Waals surface area contributed by atoms with E-state index in [1.807, 2.05) is 18.5 Å². The summed E-state index contributed by atoms with van der Waals surface area (Å²) in [5.74, 6) is 1.29. The van der Waals surface area contributed by atoms with Crippen molar-refractivity contribution in [3.05, 3.63) is 179 Å². The molecule has 6 aliphatic carbocycles. The highest BCUT2D eigenvalue weighted by Crippen LogP contribution is 2.82. The Hall–Kier alpha value is -6.59. The normalized spacial score (nSPS) is 37.9. The molecule has 2 saturated heterocycles. The number of benzene rings is 5. The molecular formula is C67H70N4O6. The fourth-order valence-electron chi connectivity index (χ4n) is 19.9. The van der Waals surface area contributed by atoms with Crippen LogP contribution in [0.3, 0.4) is 0 Å². The fourth-order valence-corrected chi connectivity index (χ4v) is 19.9. The van der Waals surface area contributed by atoms with Crippen molar-refractivity contribution in [2.24, 2.45) is 51.8 Å². The van der Waals surface area contributed by atoms with E-state index in [0.717, 1.165) is 31.2 Å². The van der Waals surface area contributed by atoms with Gasteiger partial charge in [0.05, 0.1) is 17.8 Å². The molecule has 0 unspecified atom stereocenters. The average molecular weight is 1030 g/mol. The van der Waals surface area contributed by atoms with Gasteiger partial charge in [0, 0.05) is 58.9 Å². The first-order valence-electron chi connectivity index (χ1n) is 28.8. The number of hydrogen-bond acceptors (Lipinski definition) is 9. The average Bonchev–Trinajstić information content (AvgIpc) is 4.23. The van der Waals surface area contributed by atoms with Crippen LogP contribution < -0.4 is 10.6 Å². The maximum absolute atomic E-state index is 13.2. The zero-order valence-corrected chi connectivity index (χ0v) is 43.5. The van der Waals surface area contributed by atoms with Crippen LogP contribution in [0.2, 0.25) is 0 Å². The molecule has 77 heavy (non-hydrogen) atoms. The van der Waals surface area contributed by atoms with Gasteiger partial charge in [0.15, 0.2) is 23.0 Å². The van der Waals surface area contributed by atoms with Crippen molar-refractivity contribution < 1.29 is 30.6 Å². The summed E-state index contributed by atoms with van der Waals surface area (Å²) in [6.45, 7) is 0. The van der Waals surface area contributed by atoms with Gasteiger partial charge in [-0.3, -0.25) is 0 Å². The fraction of sp³-hybridized carbons (Fsp3) is 0.418. The summed E-state index contributed by atoms with van der Waals surface area (Å²) >= 11 is 0. The van der Waals surface area contributed by atoms with Crippen LogP contribution in [0.25, 0.3) is 22.9 Å². The Morgan fingerprint density at radius 2 is 1.49 bits per heavy atom. The molecule has 16 atom stereocenters. The Morgan fingerprint density at radius 1 is 0.675 bits per heavy atom. The van der Waals surface area contributed by atoms with Crippen molar-refractivity contribution in [3.8, 4) is 28.7 Å². The summed E-state index contributed by atoms with van der Waals surface area (Å²) in [4.78, 5) is 8.86. The summed E-state index contributed by atoms with van der Waals surface area (Å²) in [6, 6.07) is 30.6. The Morgan fingerprint density at radius 3 is 2.30 bits per heavy atom. The van der Waals surface area contributed by atoms with E-state index in [-0.39, 0.29) is 80.3 Å². The van der Waals surface area contributed by atoms with E-state index in [1.165, 1.54) is 73.5 Å². The van der Waals surface area contributed by atoms with Crippen LogP contribution in [-0.4, -0.2) is 64.8 Å². The van der Waals surface area contributed by atoms with Crippen LogP contribution in [0.15, 0.2) is 140 Å². The molecule has 0 amide bonds. The monoisotopic (exact) mass is 1030 g/mol. The van der Waals surface area contributed by atoms with Gasteiger partial charge in [0.1, 0.15) is 5.75 Å². The van der Waals surface area contributed by atoms with Gasteiger partial charge in [-0.1, -0.05) is 128 Å². The number of piperidine rings is 2. The van der Waals surface area contributed by atoms with E-state index in [9.17, 15) is 30.6 Å². The lowest BCUT2D eigenvalue weighted by molar-refractivity contribution is -0.242. The SMILES string of the molecule is Oc1ccc(/C=C/c2c(CCc3ccc([C@H]4C[C@]5(C[C@@H]6N[C@@H](C=C[C@@H]6c6ccccc6)C5)[C@@H]5C[C@@H]6CCC[C@@]67[C@@H]6C=C[C@H]8CC[C@H]9C=C[C@H](O)[C@H]([C@@]98C6)[C@]7(c6cnc[nH]6)[C@H]5N4)cc3)c(O)c(O)c3c(O)cccc23)cc1O. The zero-order chi connectivity index (χ0) is 52.0. The number of aromatic hydroxyl groups is 5. The molecule has 3 aliphatic heterocycles. The van der Waals surface area contributed by atoms with Gasteiger partial charge in [-0.05, 0) is 168 Å². The van der Waals surface area contributed by atoms with Gasteiger partial charge in [-0.25, -0.2) is 4.98 Å². The van der Waals surface area contributed by atoms with Gasteiger partial charge < -0.3 is 46.3 Å². The largest absolute Gasteiger partial charge is 0.507 e. The molecular weight excluding hydrogens is 957 g/mol. The number of aliphatic hydroxyl groups excluding tert-OH is 1. The van der Waals surface area contributed by atoms with Crippen LogP contribution in [0.5, 0.6) is 28.7 Å². The molecule has 4 bridgehead atoms. The molecule has 3 spiro atoms. The summed E-state index contributed by atoms with van der Waals surface area (Å²) < 4.78 is 0. The van der Waals surface area contributed by atoms with Gasteiger partial charge in [0.25, 0.3) is 0 Å². The van der Waals surface area contributed by atoms with Crippen LogP contribution in [0, 0.1) is 51.8 Å². The third-order valence-corrected chi connectivity index (χ3v) is 22.5.